The molecule has 2 aromatic rings. The fourth-order valence-electron chi connectivity index (χ4n) is 3.28. The molecule has 2 N–H and O–H groups in total. The van der Waals surface area contributed by atoms with Gasteiger partial charge in [-0.2, -0.15) is 0 Å². The lowest BCUT2D eigenvalue weighted by molar-refractivity contribution is 0.228. The van der Waals surface area contributed by atoms with Crippen LogP contribution in [0.25, 0.3) is 0 Å². The van der Waals surface area contributed by atoms with Gasteiger partial charge in [0, 0.05) is 34.0 Å². The predicted molar refractivity (Wildman–Crippen MR) is 110 cm³/mol. The Hall–Kier alpha value is -1.18. The number of hydrogen-bond donors (Lipinski definition) is 2. The average molecular weight is 451 g/mol. The van der Waals surface area contributed by atoms with Crippen molar-refractivity contribution in [3.05, 3.63) is 57.3 Å². The van der Waals surface area contributed by atoms with Crippen LogP contribution in [0.5, 0.6) is 5.88 Å². The molecule has 0 bridgehead atoms. The van der Waals surface area contributed by atoms with Crippen molar-refractivity contribution in [2.45, 2.75) is 51.4 Å². The highest BCUT2D eigenvalue weighted by atomic mass is 127. The maximum Gasteiger partial charge on any atom is 0.218 e. The van der Waals surface area contributed by atoms with E-state index in [-0.39, 0.29) is 6.10 Å². The van der Waals surface area contributed by atoms with Crippen LogP contribution in [0, 0.1) is 3.57 Å². The molecule has 1 aliphatic heterocycles. The maximum atomic E-state index is 5.88. The second-order valence-electron chi connectivity index (χ2n) is 6.76. The highest BCUT2D eigenvalue weighted by Crippen LogP contribution is 2.25. The van der Waals surface area contributed by atoms with E-state index in [2.05, 4.69) is 74.6 Å². The van der Waals surface area contributed by atoms with Gasteiger partial charge in [-0.25, -0.2) is 4.98 Å². The molecule has 0 amide bonds. The third-order valence-electron chi connectivity index (χ3n) is 4.41. The van der Waals surface area contributed by atoms with E-state index in [0.29, 0.717) is 12.1 Å². The van der Waals surface area contributed by atoms with Crippen LogP contribution in [-0.2, 0) is 6.54 Å². The smallest absolute Gasteiger partial charge is 0.218 e. The Morgan fingerprint density at radius 3 is 2.88 bits per heavy atom. The van der Waals surface area contributed by atoms with Gasteiger partial charge in [0.25, 0.3) is 0 Å². The Labute approximate surface area is 163 Å². The molecule has 4 nitrogen and oxygen atoms in total. The first kappa shape index (κ1) is 18.6. The number of pyridine rings is 1. The van der Waals surface area contributed by atoms with E-state index in [0.717, 1.165) is 28.1 Å². The predicted octanol–water partition coefficient (Wildman–Crippen LogP) is 4.06. The molecular formula is C20H26IN3O. The molecule has 0 saturated carbocycles. The van der Waals surface area contributed by atoms with Gasteiger partial charge >= 0.3 is 0 Å². The number of halogens is 1. The van der Waals surface area contributed by atoms with Gasteiger partial charge in [0.2, 0.25) is 5.88 Å². The zero-order valence-electron chi connectivity index (χ0n) is 14.8. The van der Waals surface area contributed by atoms with Gasteiger partial charge in [0.05, 0.1) is 6.10 Å². The van der Waals surface area contributed by atoms with E-state index in [1.165, 1.54) is 18.4 Å². The number of nitrogens with one attached hydrogen (secondary N) is 2. The molecule has 1 aromatic carbocycles. The number of piperidine rings is 1. The van der Waals surface area contributed by atoms with E-state index in [1.54, 1.807) is 0 Å². The molecule has 1 aliphatic rings. The lowest BCUT2D eigenvalue weighted by Gasteiger charge is -2.34. The topological polar surface area (TPSA) is 46.2 Å². The number of benzene rings is 1. The van der Waals surface area contributed by atoms with Crippen LogP contribution < -0.4 is 15.4 Å². The van der Waals surface area contributed by atoms with Gasteiger partial charge < -0.3 is 15.4 Å². The van der Waals surface area contributed by atoms with Crippen LogP contribution in [0.4, 0.5) is 0 Å². The molecule has 2 unspecified atom stereocenters. The van der Waals surface area contributed by atoms with Crippen LogP contribution in [-0.4, -0.2) is 23.7 Å². The Balaban J connectivity index is 1.72. The Bertz CT molecular complexity index is 678. The number of nitrogens with zero attached hydrogens (tertiary/aromatic N) is 1. The molecule has 1 saturated heterocycles. The summed E-state index contributed by atoms with van der Waals surface area (Å²) in [5.74, 6) is 0.739. The molecule has 0 aliphatic carbocycles. The summed E-state index contributed by atoms with van der Waals surface area (Å²) in [6, 6.07) is 13.6. The van der Waals surface area contributed by atoms with Crippen molar-refractivity contribution in [1.82, 2.24) is 15.6 Å². The maximum absolute atomic E-state index is 5.88. The number of ether oxygens (including phenoxy) is 1. The molecule has 25 heavy (non-hydrogen) atoms. The summed E-state index contributed by atoms with van der Waals surface area (Å²) >= 11 is 2.31. The summed E-state index contributed by atoms with van der Waals surface area (Å²) in [7, 11) is 0. The summed E-state index contributed by atoms with van der Waals surface area (Å²) < 4.78 is 7.01. The molecule has 3 rings (SSSR count). The SMILES string of the molecule is CC(C)Oc1ncc(I)cc1CNC1CCCNC1c1ccccc1. The van der Waals surface area contributed by atoms with Crippen molar-refractivity contribution in [1.29, 1.82) is 0 Å². The van der Waals surface area contributed by atoms with Crippen molar-refractivity contribution in [2.24, 2.45) is 0 Å². The van der Waals surface area contributed by atoms with Gasteiger partial charge in [0.15, 0.2) is 0 Å². The normalized spacial score (nSPS) is 20.6. The monoisotopic (exact) mass is 451 g/mol. The largest absolute Gasteiger partial charge is 0.475 e. The quantitative estimate of drug-likeness (QED) is 0.651. The van der Waals surface area contributed by atoms with Crippen LogP contribution in [0.3, 0.4) is 0 Å². The minimum atomic E-state index is 0.125. The fourth-order valence-corrected chi connectivity index (χ4v) is 3.80. The van der Waals surface area contributed by atoms with Gasteiger partial charge in [-0.05, 0) is 67.5 Å². The van der Waals surface area contributed by atoms with E-state index in [9.17, 15) is 0 Å². The van der Waals surface area contributed by atoms with Crippen LogP contribution in [0.2, 0.25) is 0 Å². The van der Waals surface area contributed by atoms with E-state index < -0.39 is 0 Å². The summed E-state index contributed by atoms with van der Waals surface area (Å²) in [6.45, 7) is 5.91. The minimum Gasteiger partial charge on any atom is -0.475 e. The van der Waals surface area contributed by atoms with Crippen molar-refractivity contribution < 1.29 is 4.74 Å². The standard InChI is InChI=1S/C20H26IN3O/c1-14(2)25-20-16(11-17(21)13-24-20)12-23-18-9-6-10-22-19(18)15-7-4-3-5-8-15/h3-5,7-8,11,13-14,18-19,22-23H,6,9-10,12H2,1-2H3. The second-order valence-corrected chi connectivity index (χ2v) is 8.00. The molecule has 2 heterocycles. The van der Waals surface area contributed by atoms with Crippen molar-refractivity contribution in [2.75, 3.05) is 6.54 Å². The summed E-state index contributed by atoms with van der Waals surface area (Å²) in [4.78, 5) is 4.47. The van der Waals surface area contributed by atoms with Gasteiger partial charge in [-0.3, -0.25) is 0 Å². The molecule has 2 atom stereocenters. The van der Waals surface area contributed by atoms with Crippen molar-refractivity contribution >= 4 is 22.6 Å². The minimum absolute atomic E-state index is 0.125. The summed E-state index contributed by atoms with van der Waals surface area (Å²) in [5, 5.41) is 7.41. The lowest BCUT2D eigenvalue weighted by Crippen LogP contribution is -2.45. The lowest BCUT2D eigenvalue weighted by atomic mass is 9.92. The first-order valence-corrected chi connectivity index (χ1v) is 10.0. The first-order chi connectivity index (χ1) is 12.1. The number of rotatable bonds is 6. The number of aromatic nitrogens is 1. The Kier molecular flexibility index (Phi) is 6.67. The molecule has 1 aromatic heterocycles. The highest BCUT2D eigenvalue weighted by Gasteiger charge is 2.25. The third kappa shape index (κ3) is 5.15. The molecule has 0 radical (unpaired) electrons. The van der Waals surface area contributed by atoms with Gasteiger partial charge in [0.1, 0.15) is 0 Å². The second kappa shape index (κ2) is 8.96. The molecule has 0 spiro atoms. The summed E-state index contributed by atoms with van der Waals surface area (Å²) in [5.41, 5.74) is 2.47. The number of hydrogen-bond acceptors (Lipinski definition) is 4. The molecule has 134 valence electrons. The molecule has 5 heteroatoms. The average Bonchev–Trinajstić information content (AvgIpc) is 2.62. The zero-order chi connectivity index (χ0) is 17.6. The summed E-state index contributed by atoms with van der Waals surface area (Å²) in [6.07, 6.45) is 4.35. The van der Waals surface area contributed by atoms with E-state index in [4.69, 9.17) is 4.74 Å². The molecule has 1 fully saturated rings. The fraction of sp³-hybridized carbons (Fsp3) is 0.450. The van der Waals surface area contributed by atoms with Crippen LogP contribution in [0.1, 0.15) is 43.9 Å². The van der Waals surface area contributed by atoms with Gasteiger partial charge in [-0.1, -0.05) is 30.3 Å². The van der Waals surface area contributed by atoms with E-state index in [1.807, 2.05) is 20.0 Å². The Morgan fingerprint density at radius 1 is 1.32 bits per heavy atom. The van der Waals surface area contributed by atoms with Crippen LogP contribution in [0.15, 0.2) is 42.6 Å². The third-order valence-corrected chi connectivity index (χ3v) is 5.00. The zero-order valence-corrected chi connectivity index (χ0v) is 17.0. The van der Waals surface area contributed by atoms with Crippen molar-refractivity contribution in [3.8, 4) is 5.88 Å². The van der Waals surface area contributed by atoms with Crippen molar-refractivity contribution in [3.63, 3.8) is 0 Å². The molecular weight excluding hydrogens is 425 g/mol. The van der Waals surface area contributed by atoms with Crippen LogP contribution >= 0.6 is 22.6 Å². The Morgan fingerprint density at radius 2 is 2.12 bits per heavy atom. The first-order valence-electron chi connectivity index (χ1n) is 8.96. The van der Waals surface area contributed by atoms with E-state index >= 15 is 0 Å². The van der Waals surface area contributed by atoms with Gasteiger partial charge in [-0.15, -0.1) is 0 Å². The highest BCUT2D eigenvalue weighted by molar-refractivity contribution is 14.1.